The van der Waals surface area contributed by atoms with Crippen molar-refractivity contribution < 1.29 is 14.3 Å². The van der Waals surface area contributed by atoms with E-state index in [2.05, 4.69) is 9.59 Å². The van der Waals surface area contributed by atoms with Gasteiger partial charge in [0.05, 0.1) is 16.2 Å². The number of hydrogen-bond acceptors (Lipinski definition) is 9. The highest BCUT2D eigenvalue weighted by Crippen LogP contribution is 2.57. The molecule has 0 saturated carbocycles. The van der Waals surface area contributed by atoms with Gasteiger partial charge in [0.1, 0.15) is 22.1 Å². The van der Waals surface area contributed by atoms with Crippen LogP contribution in [0, 0.1) is 0 Å². The van der Waals surface area contributed by atoms with E-state index in [9.17, 15) is 9.59 Å². The van der Waals surface area contributed by atoms with Gasteiger partial charge in [-0.1, -0.05) is 16.3 Å². The molecule has 4 heterocycles. The number of carbonyl (C=O) groups is 2. The molecule has 0 spiro atoms. The van der Waals surface area contributed by atoms with Gasteiger partial charge in [-0.25, -0.2) is 4.79 Å². The van der Waals surface area contributed by atoms with E-state index in [1.165, 1.54) is 16.4 Å². The fourth-order valence-electron chi connectivity index (χ4n) is 2.77. The van der Waals surface area contributed by atoms with Crippen molar-refractivity contribution in [2.75, 3.05) is 5.75 Å². The molecule has 1 aromatic rings. The lowest BCUT2D eigenvalue weighted by molar-refractivity contribution is -0.153. The molecule has 1 aromatic heterocycles. The van der Waals surface area contributed by atoms with E-state index in [-0.39, 0.29) is 22.6 Å². The maximum absolute atomic E-state index is 12.6. The van der Waals surface area contributed by atoms with Crippen LogP contribution < -0.4 is 5.73 Å². The molecule has 3 atom stereocenters. The Hall–Kier alpha value is -1.10. The number of rotatable bonds is 3. The number of thioether (sulfide) groups is 2. The zero-order valence-corrected chi connectivity index (χ0v) is 14.8. The van der Waals surface area contributed by atoms with Gasteiger partial charge in [0.2, 0.25) is 5.91 Å². The van der Waals surface area contributed by atoms with Crippen LogP contribution in [-0.2, 0) is 14.3 Å². The predicted octanol–water partition coefficient (Wildman–Crippen LogP) is 1.13. The Morgan fingerprint density at radius 3 is 2.96 bits per heavy atom. The van der Waals surface area contributed by atoms with Gasteiger partial charge >= 0.3 is 5.97 Å². The van der Waals surface area contributed by atoms with Crippen molar-refractivity contribution in [3.05, 3.63) is 16.1 Å². The van der Waals surface area contributed by atoms with Crippen LogP contribution in [-0.4, -0.2) is 49.6 Å². The van der Waals surface area contributed by atoms with Crippen LogP contribution in [0.4, 0.5) is 0 Å². The van der Waals surface area contributed by atoms with E-state index in [1.54, 1.807) is 37.4 Å². The van der Waals surface area contributed by atoms with Gasteiger partial charge in [-0.2, -0.15) is 0 Å². The fourth-order valence-corrected chi connectivity index (χ4v) is 6.27. The molecule has 1 saturated heterocycles. The lowest BCUT2D eigenvalue weighted by Gasteiger charge is -2.49. The highest BCUT2D eigenvalue weighted by molar-refractivity contribution is 8.02. The molecule has 0 bridgehead atoms. The van der Waals surface area contributed by atoms with Crippen LogP contribution in [0.25, 0.3) is 0 Å². The van der Waals surface area contributed by atoms with E-state index in [0.29, 0.717) is 11.4 Å². The average molecular weight is 370 g/mol. The van der Waals surface area contributed by atoms with Crippen molar-refractivity contribution in [1.82, 2.24) is 14.5 Å². The summed E-state index contributed by atoms with van der Waals surface area (Å²) >= 11 is 4.50. The fraction of sp³-hybridized carbons (Fsp3) is 0.538. The van der Waals surface area contributed by atoms with E-state index in [4.69, 9.17) is 10.5 Å². The summed E-state index contributed by atoms with van der Waals surface area (Å²) < 4.78 is 9.31. The number of amides is 1. The highest BCUT2D eigenvalue weighted by Gasteiger charge is 2.54. The zero-order valence-electron chi connectivity index (χ0n) is 12.4. The number of aromatic nitrogens is 2. The van der Waals surface area contributed by atoms with E-state index in [0.717, 1.165) is 15.5 Å². The van der Waals surface area contributed by atoms with Crippen molar-refractivity contribution >= 4 is 46.9 Å². The summed E-state index contributed by atoms with van der Waals surface area (Å²) in [5.74, 6) is -0.0193. The van der Waals surface area contributed by atoms with Gasteiger partial charge in [0, 0.05) is 5.75 Å². The van der Waals surface area contributed by atoms with Crippen LogP contribution >= 0.6 is 35.1 Å². The van der Waals surface area contributed by atoms with E-state index in [1.807, 2.05) is 0 Å². The number of esters is 1. The Morgan fingerprint density at radius 2 is 2.26 bits per heavy atom. The number of β-lactam (4-membered cyclic amide) rings is 1. The normalized spacial score (nSPS) is 29.0. The molecule has 1 fully saturated rings. The second kappa shape index (κ2) is 5.47. The molecule has 0 aliphatic carbocycles. The summed E-state index contributed by atoms with van der Waals surface area (Å²) in [5.41, 5.74) is 7.13. The van der Waals surface area contributed by atoms with Crippen LogP contribution in [0.1, 0.15) is 24.0 Å². The minimum absolute atomic E-state index is 0.0257. The van der Waals surface area contributed by atoms with Gasteiger partial charge < -0.3 is 10.5 Å². The molecule has 0 aromatic carbocycles. The number of ether oxygens (including phenoxy) is 1. The van der Waals surface area contributed by atoms with Crippen LogP contribution in [0.3, 0.4) is 0 Å². The third kappa shape index (κ3) is 2.23. The summed E-state index contributed by atoms with van der Waals surface area (Å²) in [6, 6.07) is -0.543. The SMILES string of the molecule is CC(C)OC(=O)C1=C(C2Sc3nnsc32)CS[C@H]2C(N)C(=O)N12. The molecule has 3 aliphatic rings. The first-order valence-corrected chi connectivity index (χ1v) is 9.82. The molecule has 3 aliphatic heterocycles. The van der Waals surface area contributed by atoms with Crippen molar-refractivity contribution in [1.29, 1.82) is 0 Å². The minimum Gasteiger partial charge on any atom is -0.458 e. The first kappa shape index (κ1) is 15.4. The largest absolute Gasteiger partial charge is 0.458 e. The lowest BCUT2D eigenvalue weighted by Crippen LogP contribution is -2.68. The lowest BCUT2D eigenvalue weighted by atomic mass is 10.0. The predicted molar refractivity (Wildman–Crippen MR) is 87.8 cm³/mol. The number of carbonyl (C=O) groups excluding carboxylic acids is 2. The summed E-state index contributed by atoms with van der Waals surface area (Å²) in [4.78, 5) is 27.3. The van der Waals surface area contributed by atoms with E-state index >= 15 is 0 Å². The van der Waals surface area contributed by atoms with Gasteiger partial charge in [-0.05, 0) is 31.0 Å². The molecule has 23 heavy (non-hydrogen) atoms. The van der Waals surface area contributed by atoms with Crippen molar-refractivity contribution in [3.63, 3.8) is 0 Å². The maximum Gasteiger partial charge on any atom is 0.355 e. The third-order valence-electron chi connectivity index (χ3n) is 3.84. The van der Waals surface area contributed by atoms with Crippen LogP contribution in [0.5, 0.6) is 0 Å². The highest BCUT2D eigenvalue weighted by atomic mass is 32.2. The second-order valence-corrected chi connectivity index (χ2v) is 8.69. The average Bonchev–Trinajstić information content (AvgIpc) is 2.86. The van der Waals surface area contributed by atoms with E-state index < -0.39 is 12.0 Å². The molecule has 2 unspecified atom stereocenters. The zero-order chi connectivity index (χ0) is 16.3. The first-order chi connectivity index (χ1) is 11.0. The summed E-state index contributed by atoms with van der Waals surface area (Å²) in [6.45, 7) is 3.58. The molecular weight excluding hydrogens is 356 g/mol. The van der Waals surface area contributed by atoms with Gasteiger partial charge in [0.15, 0.2) is 0 Å². The Morgan fingerprint density at radius 1 is 1.48 bits per heavy atom. The van der Waals surface area contributed by atoms with Gasteiger partial charge in [0.25, 0.3) is 0 Å². The molecule has 2 N–H and O–H groups in total. The summed E-state index contributed by atoms with van der Waals surface area (Å²) in [7, 11) is 0. The molecule has 0 radical (unpaired) electrons. The Bertz CT molecular complexity index is 732. The molecule has 7 nitrogen and oxygen atoms in total. The second-order valence-electron chi connectivity index (χ2n) is 5.70. The quantitative estimate of drug-likeness (QED) is 0.625. The molecule has 122 valence electrons. The number of hydrogen-bond donors (Lipinski definition) is 1. The molecule has 4 rings (SSSR count). The summed E-state index contributed by atoms with van der Waals surface area (Å²) in [5, 5.41) is 4.78. The smallest absolute Gasteiger partial charge is 0.355 e. The topological polar surface area (TPSA) is 98.4 Å². The monoisotopic (exact) mass is 370 g/mol. The van der Waals surface area contributed by atoms with Crippen molar-refractivity contribution in [2.45, 2.75) is 41.6 Å². The van der Waals surface area contributed by atoms with Gasteiger partial charge in [-0.3, -0.25) is 9.69 Å². The standard InChI is InChI=1S/C13H14N4O3S3/c1-4(2)20-13(19)7-5(8-9-10(22-8)15-16-23-9)3-21-12-6(14)11(18)17(7)12/h4,6,8,12H,3,14H2,1-2H3/t6?,8?,12-/m0/s1. The number of nitrogens with zero attached hydrogens (tertiary/aromatic N) is 3. The molecule has 1 amide bonds. The van der Waals surface area contributed by atoms with Gasteiger partial charge in [-0.15, -0.1) is 16.9 Å². The number of fused-ring (bicyclic) bond motifs is 2. The first-order valence-electron chi connectivity index (χ1n) is 7.12. The Kier molecular flexibility index (Phi) is 3.67. The Balaban J connectivity index is 1.74. The Labute approximate surface area is 145 Å². The maximum atomic E-state index is 12.6. The molecular formula is C13H14N4O3S3. The molecule has 10 heteroatoms. The minimum atomic E-state index is -0.543. The van der Waals surface area contributed by atoms with Crippen molar-refractivity contribution in [3.8, 4) is 0 Å². The van der Waals surface area contributed by atoms with Crippen molar-refractivity contribution in [2.24, 2.45) is 5.73 Å². The summed E-state index contributed by atoms with van der Waals surface area (Å²) in [6.07, 6.45) is -0.246. The third-order valence-corrected chi connectivity index (χ3v) is 7.51. The van der Waals surface area contributed by atoms with Crippen LogP contribution in [0.15, 0.2) is 16.3 Å². The number of nitrogens with two attached hydrogens (primary N) is 1. The van der Waals surface area contributed by atoms with Crippen LogP contribution in [0.2, 0.25) is 0 Å².